The molecule has 0 unspecified atom stereocenters. The molecule has 0 N–H and O–H groups in total. The van der Waals surface area contributed by atoms with Crippen LogP contribution in [0.1, 0.15) is 11.1 Å². The summed E-state index contributed by atoms with van der Waals surface area (Å²) >= 11 is 0. The lowest BCUT2D eigenvalue weighted by Gasteiger charge is -2.00. The molecule has 3 aromatic rings. The van der Waals surface area contributed by atoms with Crippen LogP contribution in [0.5, 0.6) is 0 Å². The summed E-state index contributed by atoms with van der Waals surface area (Å²) in [6.07, 6.45) is 3.05. The normalized spacial score (nSPS) is 10.8. The van der Waals surface area contributed by atoms with Crippen molar-refractivity contribution in [3.63, 3.8) is 0 Å². The van der Waals surface area contributed by atoms with Gasteiger partial charge in [-0.15, -0.1) is 0 Å². The van der Waals surface area contributed by atoms with Gasteiger partial charge in [0.05, 0.1) is 6.54 Å². The Balaban J connectivity index is 2.00. The Labute approximate surface area is 117 Å². The van der Waals surface area contributed by atoms with Crippen LogP contribution in [0.25, 0.3) is 10.9 Å². The van der Waals surface area contributed by atoms with Gasteiger partial charge in [0, 0.05) is 23.6 Å². The van der Waals surface area contributed by atoms with Crippen LogP contribution in [-0.2, 0) is 13.0 Å². The third kappa shape index (κ3) is 2.48. The summed E-state index contributed by atoms with van der Waals surface area (Å²) < 4.78 is 2.12. The van der Waals surface area contributed by atoms with Crippen LogP contribution in [0.4, 0.5) is 0 Å². The molecule has 3 rings (SSSR count). The van der Waals surface area contributed by atoms with E-state index >= 15 is 0 Å². The summed E-state index contributed by atoms with van der Waals surface area (Å²) in [6, 6.07) is 18.7. The standard InChI is InChI=1S/C17H16N2O/c20-18-10-11-19-13-15(12-14-6-2-1-3-7-14)16-8-4-5-9-17(16)19/h1-9,13H,10-12H2. The maximum absolute atomic E-state index is 10.3. The predicted octanol–water partition coefficient (Wildman–Crippen LogP) is 4.00. The Kier molecular flexibility index (Phi) is 3.59. The fraction of sp³-hybridized carbons (Fsp3) is 0.176. The molecular formula is C17H16N2O. The molecule has 0 spiro atoms. The molecule has 0 aliphatic rings. The molecule has 100 valence electrons. The number of hydrogen-bond acceptors (Lipinski definition) is 2. The highest BCUT2D eigenvalue weighted by Gasteiger charge is 2.08. The summed E-state index contributed by atoms with van der Waals surface area (Å²) in [6.45, 7) is 0.947. The molecule has 20 heavy (non-hydrogen) atoms. The highest BCUT2D eigenvalue weighted by Crippen LogP contribution is 2.23. The van der Waals surface area contributed by atoms with Crippen molar-refractivity contribution in [3.05, 3.63) is 76.8 Å². The second kappa shape index (κ2) is 5.70. The molecule has 0 aliphatic carbocycles. The molecule has 0 saturated heterocycles. The zero-order chi connectivity index (χ0) is 13.8. The SMILES string of the molecule is O=NCCn1cc(Cc2ccccc2)c2ccccc21. The Hall–Kier alpha value is -2.42. The van der Waals surface area contributed by atoms with Crippen LogP contribution in [0.2, 0.25) is 0 Å². The first kappa shape index (κ1) is 12.6. The summed E-state index contributed by atoms with van der Waals surface area (Å²) in [5.41, 5.74) is 3.75. The van der Waals surface area contributed by atoms with Crippen LogP contribution >= 0.6 is 0 Å². The van der Waals surface area contributed by atoms with Crippen LogP contribution in [0, 0.1) is 4.91 Å². The minimum atomic E-state index is 0.309. The number of para-hydroxylation sites is 1. The first-order valence-corrected chi connectivity index (χ1v) is 6.78. The molecule has 0 aliphatic heterocycles. The van der Waals surface area contributed by atoms with Gasteiger partial charge >= 0.3 is 0 Å². The van der Waals surface area contributed by atoms with Crippen LogP contribution in [-0.4, -0.2) is 11.1 Å². The Morgan fingerprint density at radius 3 is 2.50 bits per heavy atom. The zero-order valence-corrected chi connectivity index (χ0v) is 11.2. The summed E-state index contributed by atoms with van der Waals surface area (Å²) in [4.78, 5) is 10.3. The fourth-order valence-corrected chi connectivity index (χ4v) is 2.61. The Morgan fingerprint density at radius 1 is 0.950 bits per heavy atom. The highest BCUT2D eigenvalue weighted by atomic mass is 16.3. The van der Waals surface area contributed by atoms with Gasteiger partial charge in [-0.2, -0.15) is 4.91 Å². The Morgan fingerprint density at radius 2 is 1.70 bits per heavy atom. The average Bonchev–Trinajstić information content (AvgIpc) is 2.85. The van der Waals surface area contributed by atoms with E-state index in [1.165, 1.54) is 22.0 Å². The van der Waals surface area contributed by atoms with Crippen molar-refractivity contribution >= 4 is 10.9 Å². The average molecular weight is 264 g/mol. The molecule has 1 heterocycles. The van der Waals surface area contributed by atoms with E-state index in [-0.39, 0.29) is 0 Å². The predicted molar refractivity (Wildman–Crippen MR) is 81.8 cm³/mol. The second-order valence-corrected chi connectivity index (χ2v) is 4.88. The maximum Gasteiger partial charge on any atom is 0.0990 e. The maximum atomic E-state index is 10.3. The minimum absolute atomic E-state index is 0.309. The number of hydrogen-bond donors (Lipinski definition) is 0. The zero-order valence-electron chi connectivity index (χ0n) is 11.2. The van der Waals surface area contributed by atoms with Gasteiger partial charge in [-0.3, -0.25) is 0 Å². The van der Waals surface area contributed by atoms with E-state index in [1.54, 1.807) is 0 Å². The van der Waals surface area contributed by atoms with Crippen molar-refractivity contribution in [2.24, 2.45) is 5.18 Å². The van der Waals surface area contributed by atoms with E-state index < -0.39 is 0 Å². The van der Waals surface area contributed by atoms with E-state index in [0.29, 0.717) is 13.1 Å². The number of aromatic nitrogens is 1. The number of fused-ring (bicyclic) bond motifs is 1. The van der Waals surface area contributed by atoms with E-state index in [1.807, 2.05) is 12.1 Å². The van der Waals surface area contributed by atoms with Gasteiger partial charge in [0.2, 0.25) is 0 Å². The van der Waals surface area contributed by atoms with Gasteiger partial charge in [0.1, 0.15) is 0 Å². The molecule has 0 atom stereocenters. The van der Waals surface area contributed by atoms with Gasteiger partial charge in [-0.25, -0.2) is 0 Å². The van der Waals surface area contributed by atoms with Crippen molar-refractivity contribution in [3.8, 4) is 0 Å². The third-order valence-electron chi connectivity index (χ3n) is 3.54. The summed E-state index contributed by atoms with van der Waals surface area (Å²) in [5, 5.41) is 4.21. The largest absolute Gasteiger partial charge is 0.345 e. The molecule has 3 nitrogen and oxygen atoms in total. The number of nitrogens with zero attached hydrogens (tertiary/aromatic N) is 2. The molecule has 0 amide bonds. The molecule has 0 bridgehead atoms. The van der Waals surface area contributed by atoms with E-state index in [2.05, 4.69) is 58.4 Å². The van der Waals surface area contributed by atoms with Gasteiger partial charge in [0.25, 0.3) is 0 Å². The number of benzene rings is 2. The first-order valence-electron chi connectivity index (χ1n) is 6.78. The van der Waals surface area contributed by atoms with Crippen molar-refractivity contribution in [1.29, 1.82) is 0 Å². The topological polar surface area (TPSA) is 34.4 Å². The summed E-state index contributed by atoms with van der Waals surface area (Å²) in [5.74, 6) is 0. The number of nitroso groups, excluding NO2 is 1. The number of rotatable bonds is 5. The lowest BCUT2D eigenvalue weighted by atomic mass is 10.0. The van der Waals surface area contributed by atoms with E-state index in [0.717, 1.165) is 6.42 Å². The van der Waals surface area contributed by atoms with Crippen LogP contribution in [0.15, 0.2) is 66.0 Å². The van der Waals surface area contributed by atoms with Crippen LogP contribution in [0.3, 0.4) is 0 Å². The van der Waals surface area contributed by atoms with Crippen molar-refractivity contribution in [2.45, 2.75) is 13.0 Å². The second-order valence-electron chi connectivity index (χ2n) is 4.88. The van der Waals surface area contributed by atoms with E-state index in [9.17, 15) is 4.91 Å². The van der Waals surface area contributed by atoms with Gasteiger partial charge in [-0.1, -0.05) is 53.7 Å². The van der Waals surface area contributed by atoms with Crippen LogP contribution < -0.4 is 0 Å². The molecule has 3 heteroatoms. The third-order valence-corrected chi connectivity index (χ3v) is 3.54. The lowest BCUT2D eigenvalue weighted by molar-refractivity contribution is 0.731. The molecule has 0 saturated carbocycles. The van der Waals surface area contributed by atoms with Gasteiger partial charge in [0.15, 0.2) is 0 Å². The van der Waals surface area contributed by atoms with Gasteiger partial charge < -0.3 is 4.57 Å². The van der Waals surface area contributed by atoms with Gasteiger partial charge in [-0.05, 0) is 23.6 Å². The van der Waals surface area contributed by atoms with Crippen molar-refractivity contribution in [2.75, 3.05) is 6.54 Å². The van der Waals surface area contributed by atoms with Crippen molar-refractivity contribution < 1.29 is 0 Å². The Bertz CT molecular complexity index is 716. The lowest BCUT2D eigenvalue weighted by Crippen LogP contribution is -1.98. The molecule has 0 radical (unpaired) electrons. The fourth-order valence-electron chi connectivity index (χ4n) is 2.61. The van der Waals surface area contributed by atoms with Crippen molar-refractivity contribution in [1.82, 2.24) is 4.57 Å². The molecule has 2 aromatic carbocycles. The molecular weight excluding hydrogens is 248 g/mol. The smallest absolute Gasteiger partial charge is 0.0990 e. The monoisotopic (exact) mass is 264 g/mol. The highest BCUT2D eigenvalue weighted by molar-refractivity contribution is 5.84. The molecule has 0 fully saturated rings. The summed E-state index contributed by atoms with van der Waals surface area (Å²) in [7, 11) is 0. The van der Waals surface area contributed by atoms with E-state index in [4.69, 9.17) is 0 Å². The minimum Gasteiger partial charge on any atom is -0.345 e. The molecule has 1 aromatic heterocycles. The first-order chi connectivity index (χ1) is 9.88. The quantitative estimate of drug-likeness (QED) is 0.641.